The Morgan fingerprint density at radius 2 is 1.80 bits per heavy atom. The van der Waals surface area contributed by atoms with Crippen molar-refractivity contribution in [1.29, 1.82) is 0 Å². The monoisotopic (exact) mass is 652 g/mol. The lowest BCUT2D eigenvalue weighted by Crippen LogP contribution is -2.27. The highest BCUT2D eigenvalue weighted by atomic mass is 35.5. The van der Waals surface area contributed by atoms with E-state index in [9.17, 15) is 27.9 Å². The molecular weight excluding hydrogens is 633 g/mol. The zero-order valence-electron chi connectivity index (χ0n) is 23.4. The number of hydrogen-bond acceptors (Lipinski definition) is 9. The van der Waals surface area contributed by atoms with Crippen molar-refractivity contribution >= 4 is 50.2 Å². The van der Waals surface area contributed by atoms with E-state index >= 15 is 0 Å². The van der Waals surface area contributed by atoms with Gasteiger partial charge in [-0.1, -0.05) is 11.6 Å². The number of ether oxygens (including phenoxy) is 1. The standard InChI is InChI=1S/C30H20ClF3N6O4S/c1-14-7-19(27-25(37-14)20(12-45-27)29(42)43)18-8-17(31)3-4-23(18)44-6-5-40-15(2)38-22-9-21(30(32,33)34)24(39-26(22)28(40)41)16-10-35-13-36-11-16/h3-4,7-13H,5-6H2,1-2H3,(H,42,43). The summed E-state index contributed by atoms with van der Waals surface area (Å²) in [4.78, 5) is 45.6. The molecule has 228 valence electrons. The van der Waals surface area contributed by atoms with Crippen LogP contribution in [0.25, 0.3) is 43.6 Å². The molecule has 15 heteroatoms. The molecule has 0 amide bonds. The average molecular weight is 653 g/mol. The van der Waals surface area contributed by atoms with Crippen molar-refractivity contribution in [2.24, 2.45) is 0 Å². The minimum absolute atomic E-state index is 0.00137. The van der Waals surface area contributed by atoms with Gasteiger partial charge in [-0.3, -0.25) is 14.3 Å². The van der Waals surface area contributed by atoms with E-state index in [4.69, 9.17) is 16.3 Å². The second kappa shape index (κ2) is 11.5. The summed E-state index contributed by atoms with van der Waals surface area (Å²) in [7, 11) is 0. The number of thiophene rings is 1. The van der Waals surface area contributed by atoms with Crippen LogP contribution in [0.15, 0.2) is 59.2 Å². The summed E-state index contributed by atoms with van der Waals surface area (Å²) in [6, 6.07) is 7.60. The van der Waals surface area contributed by atoms with Crippen LogP contribution in [-0.2, 0) is 12.7 Å². The molecule has 0 atom stereocenters. The molecule has 0 unspecified atom stereocenters. The zero-order chi connectivity index (χ0) is 32.0. The van der Waals surface area contributed by atoms with Crippen LogP contribution in [0.1, 0.15) is 27.4 Å². The van der Waals surface area contributed by atoms with Gasteiger partial charge in [0.05, 0.1) is 39.1 Å². The summed E-state index contributed by atoms with van der Waals surface area (Å²) in [5, 5.41) is 11.6. The average Bonchev–Trinajstić information content (AvgIpc) is 3.42. The molecule has 10 nitrogen and oxygen atoms in total. The van der Waals surface area contributed by atoms with Gasteiger partial charge in [0, 0.05) is 45.2 Å². The molecule has 1 aromatic carbocycles. The van der Waals surface area contributed by atoms with Crippen molar-refractivity contribution in [1.82, 2.24) is 29.5 Å². The summed E-state index contributed by atoms with van der Waals surface area (Å²) < 4.78 is 49.9. The van der Waals surface area contributed by atoms with E-state index in [2.05, 4.69) is 24.9 Å². The smallest absolute Gasteiger partial charge is 0.418 e. The predicted octanol–water partition coefficient (Wildman–Crippen LogP) is 6.59. The molecule has 5 aromatic heterocycles. The lowest BCUT2D eigenvalue weighted by atomic mass is 10.0. The van der Waals surface area contributed by atoms with Gasteiger partial charge in [0.15, 0.2) is 5.52 Å². The molecule has 0 saturated carbocycles. The Kier molecular flexibility index (Phi) is 7.70. The molecule has 0 fully saturated rings. The second-order valence-electron chi connectivity index (χ2n) is 9.93. The number of pyridine rings is 2. The second-order valence-corrected chi connectivity index (χ2v) is 11.2. The van der Waals surface area contributed by atoms with Crippen LogP contribution in [0, 0.1) is 13.8 Å². The van der Waals surface area contributed by atoms with Gasteiger partial charge < -0.3 is 9.84 Å². The minimum Gasteiger partial charge on any atom is -0.491 e. The fourth-order valence-electron chi connectivity index (χ4n) is 4.95. The van der Waals surface area contributed by atoms with Crippen molar-refractivity contribution in [3.8, 4) is 28.1 Å². The van der Waals surface area contributed by atoms with E-state index in [1.54, 1.807) is 31.2 Å². The Hall–Kier alpha value is -4.95. The summed E-state index contributed by atoms with van der Waals surface area (Å²) >= 11 is 7.57. The van der Waals surface area contributed by atoms with E-state index in [1.165, 1.54) is 46.9 Å². The molecule has 0 aliphatic carbocycles. The number of carbonyl (C=O) groups is 1. The third-order valence-electron chi connectivity index (χ3n) is 6.95. The van der Waals surface area contributed by atoms with Crippen LogP contribution >= 0.6 is 22.9 Å². The van der Waals surface area contributed by atoms with Gasteiger partial charge in [-0.2, -0.15) is 13.2 Å². The number of nitrogens with zero attached hydrogens (tertiary/aromatic N) is 6. The van der Waals surface area contributed by atoms with Crippen molar-refractivity contribution < 1.29 is 27.8 Å². The van der Waals surface area contributed by atoms with Crippen LogP contribution in [0.3, 0.4) is 0 Å². The maximum absolute atomic E-state index is 13.9. The molecule has 5 heterocycles. The van der Waals surface area contributed by atoms with Gasteiger partial charge in [-0.15, -0.1) is 11.3 Å². The third kappa shape index (κ3) is 5.69. The van der Waals surface area contributed by atoms with Crippen molar-refractivity contribution in [3.63, 3.8) is 0 Å². The SMILES string of the molecule is Cc1cc(-c2cc(Cl)ccc2OCCn2c(C)nc3cc(C(F)(F)F)c(-c4cncnc4)nc3c2=O)c2scc(C(=O)O)c2n1. The lowest BCUT2D eigenvalue weighted by Gasteiger charge is -2.16. The molecular formula is C30H20ClF3N6O4S. The fourth-order valence-corrected chi connectivity index (χ4v) is 6.13. The number of aryl methyl sites for hydroxylation is 2. The Balaban J connectivity index is 1.36. The van der Waals surface area contributed by atoms with E-state index in [-0.39, 0.29) is 41.1 Å². The zero-order valence-corrected chi connectivity index (χ0v) is 25.0. The third-order valence-corrected chi connectivity index (χ3v) is 8.19. The number of hydrogen-bond donors (Lipinski definition) is 1. The first-order valence-corrected chi connectivity index (χ1v) is 14.5. The molecule has 0 spiro atoms. The first-order chi connectivity index (χ1) is 21.4. The van der Waals surface area contributed by atoms with Crippen molar-refractivity contribution in [2.75, 3.05) is 6.61 Å². The number of aromatic carboxylic acids is 1. The maximum Gasteiger partial charge on any atom is 0.418 e. The normalized spacial score (nSPS) is 11.8. The molecule has 0 radical (unpaired) electrons. The Morgan fingerprint density at radius 3 is 2.51 bits per heavy atom. The predicted molar refractivity (Wildman–Crippen MR) is 162 cm³/mol. The number of rotatable bonds is 7. The van der Waals surface area contributed by atoms with Crippen LogP contribution in [0.4, 0.5) is 13.2 Å². The Bertz CT molecular complexity index is 2190. The van der Waals surface area contributed by atoms with Gasteiger partial charge in [0.2, 0.25) is 0 Å². The number of alkyl halides is 3. The van der Waals surface area contributed by atoms with Crippen LogP contribution in [0.5, 0.6) is 5.75 Å². The summed E-state index contributed by atoms with van der Waals surface area (Å²) in [5.74, 6) is -0.509. The number of benzene rings is 1. The number of carboxylic acid groups (broad SMARTS) is 1. The fraction of sp³-hybridized carbons (Fsp3) is 0.167. The van der Waals surface area contributed by atoms with Crippen molar-refractivity contribution in [3.05, 3.63) is 92.5 Å². The molecule has 6 aromatic rings. The summed E-state index contributed by atoms with van der Waals surface area (Å²) in [5.41, 5.74) is -0.339. The number of carboxylic acids is 1. The molecule has 45 heavy (non-hydrogen) atoms. The number of halogens is 4. The molecule has 6 rings (SSSR count). The van der Waals surface area contributed by atoms with Crippen LogP contribution < -0.4 is 10.3 Å². The number of fused-ring (bicyclic) bond motifs is 2. The molecule has 0 aliphatic heterocycles. The molecule has 1 N–H and O–H groups in total. The van der Waals surface area contributed by atoms with Crippen LogP contribution in [-0.4, -0.2) is 47.2 Å². The lowest BCUT2D eigenvalue weighted by molar-refractivity contribution is -0.137. The van der Waals surface area contributed by atoms with Gasteiger partial charge in [-0.25, -0.2) is 24.7 Å². The van der Waals surface area contributed by atoms with Crippen molar-refractivity contribution in [2.45, 2.75) is 26.6 Å². The summed E-state index contributed by atoms with van der Waals surface area (Å²) in [6.45, 7) is 3.23. The first-order valence-electron chi connectivity index (χ1n) is 13.2. The largest absolute Gasteiger partial charge is 0.491 e. The highest BCUT2D eigenvalue weighted by Crippen LogP contribution is 2.40. The quantitative estimate of drug-likeness (QED) is 0.203. The Labute approximate surface area is 260 Å². The van der Waals surface area contributed by atoms with E-state index in [0.29, 0.717) is 37.8 Å². The van der Waals surface area contributed by atoms with E-state index in [0.717, 1.165) is 6.07 Å². The van der Waals surface area contributed by atoms with Gasteiger partial charge in [-0.05, 0) is 44.2 Å². The highest BCUT2D eigenvalue weighted by molar-refractivity contribution is 7.18. The summed E-state index contributed by atoms with van der Waals surface area (Å²) in [6.07, 6.45) is -1.22. The van der Waals surface area contributed by atoms with Crippen LogP contribution in [0.2, 0.25) is 5.02 Å². The van der Waals surface area contributed by atoms with E-state index in [1.807, 2.05) is 0 Å². The minimum atomic E-state index is -4.77. The Morgan fingerprint density at radius 1 is 1.04 bits per heavy atom. The van der Waals surface area contributed by atoms with E-state index < -0.39 is 29.0 Å². The molecule has 0 bridgehead atoms. The van der Waals surface area contributed by atoms with Gasteiger partial charge in [0.25, 0.3) is 5.56 Å². The number of aromatic nitrogens is 6. The molecule has 0 saturated heterocycles. The van der Waals surface area contributed by atoms with Gasteiger partial charge >= 0.3 is 12.1 Å². The van der Waals surface area contributed by atoms with Gasteiger partial charge in [0.1, 0.15) is 24.5 Å². The maximum atomic E-state index is 13.9. The first kappa shape index (κ1) is 30.1. The highest BCUT2D eigenvalue weighted by Gasteiger charge is 2.36. The molecule has 0 aliphatic rings. The topological polar surface area (TPSA) is 133 Å².